The largest absolute Gasteiger partial charge is 0.380 e. The van der Waals surface area contributed by atoms with Gasteiger partial charge in [-0.3, -0.25) is 4.72 Å². The molecule has 2 rings (SSSR count). The second-order valence-electron chi connectivity index (χ2n) is 5.19. The summed E-state index contributed by atoms with van der Waals surface area (Å²) >= 11 is 0. The van der Waals surface area contributed by atoms with Gasteiger partial charge < -0.3 is 5.32 Å². The lowest BCUT2D eigenvalue weighted by Crippen LogP contribution is -2.17. The molecule has 2 N–H and O–H groups in total. The number of halogens is 1. The van der Waals surface area contributed by atoms with Crippen LogP contribution in [0.25, 0.3) is 0 Å². The van der Waals surface area contributed by atoms with Crippen LogP contribution in [0.3, 0.4) is 0 Å². The van der Waals surface area contributed by atoms with Gasteiger partial charge in [0.25, 0.3) is 0 Å². The number of benzene rings is 1. The van der Waals surface area contributed by atoms with Gasteiger partial charge in [0.05, 0.1) is 17.6 Å². The first-order valence-corrected chi connectivity index (χ1v) is 9.08. The zero-order valence-corrected chi connectivity index (χ0v) is 13.7. The van der Waals surface area contributed by atoms with Gasteiger partial charge in [0.1, 0.15) is 11.6 Å². The third-order valence-electron chi connectivity index (χ3n) is 3.20. The molecule has 0 amide bonds. The lowest BCUT2D eigenvalue weighted by Gasteiger charge is -2.09. The van der Waals surface area contributed by atoms with E-state index in [9.17, 15) is 12.8 Å². The van der Waals surface area contributed by atoms with Crippen molar-refractivity contribution in [1.29, 1.82) is 0 Å². The van der Waals surface area contributed by atoms with Crippen molar-refractivity contribution < 1.29 is 12.8 Å². The zero-order valence-electron chi connectivity index (χ0n) is 12.9. The van der Waals surface area contributed by atoms with Crippen molar-refractivity contribution in [3.63, 3.8) is 0 Å². The van der Waals surface area contributed by atoms with Gasteiger partial charge in [-0.2, -0.15) is 0 Å². The lowest BCUT2D eigenvalue weighted by molar-refractivity contribution is 0.597. The maximum Gasteiger partial charge on any atom is 0.233 e. The molecule has 124 valence electrons. The van der Waals surface area contributed by atoms with E-state index in [1.54, 1.807) is 30.5 Å². The van der Waals surface area contributed by atoms with E-state index in [1.807, 2.05) is 6.92 Å². The fraction of sp³-hybridized carbons (Fsp3) is 0.312. The molecular weight excluding hydrogens is 317 g/mol. The molecule has 0 saturated carbocycles. The third kappa shape index (κ3) is 5.86. The molecule has 0 aliphatic carbocycles. The summed E-state index contributed by atoms with van der Waals surface area (Å²) < 4.78 is 38.8. The molecule has 23 heavy (non-hydrogen) atoms. The molecule has 0 aliphatic heterocycles. The molecule has 1 aromatic carbocycles. The average Bonchev–Trinajstić information content (AvgIpc) is 2.53. The highest BCUT2D eigenvalue weighted by Gasteiger charge is 2.10. The van der Waals surface area contributed by atoms with Crippen LogP contribution in [0.15, 0.2) is 42.6 Å². The standard InChI is InChI=1S/C16H20FN3O2S/c1-2-3-10-23(21,22)20-16-9-8-15(12-19-16)18-11-13-4-6-14(17)7-5-13/h4-9,12,18H,2-3,10-11H2,1H3,(H,19,20). The lowest BCUT2D eigenvalue weighted by atomic mass is 10.2. The molecule has 0 atom stereocenters. The van der Waals surface area contributed by atoms with Gasteiger partial charge in [-0.1, -0.05) is 25.5 Å². The number of unbranched alkanes of at least 4 members (excludes halogenated alkanes) is 1. The van der Waals surface area contributed by atoms with E-state index in [0.717, 1.165) is 17.7 Å². The fourth-order valence-corrected chi connectivity index (χ4v) is 3.12. The molecule has 0 bridgehead atoms. The van der Waals surface area contributed by atoms with Crippen LogP contribution in [0.2, 0.25) is 0 Å². The number of hydrogen-bond acceptors (Lipinski definition) is 4. The van der Waals surface area contributed by atoms with E-state index in [-0.39, 0.29) is 11.6 Å². The molecule has 0 radical (unpaired) electrons. The minimum Gasteiger partial charge on any atom is -0.380 e. The Labute approximate surface area is 136 Å². The second-order valence-corrected chi connectivity index (χ2v) is 7.03. The number of rotatable bonds is 8. The average molecular weight is 337 g/mol. The van der Waals surface area contributed by atoms with Gasteiger partial charge in [0, 0.05) is 6.54 Å². The third-order valence-corrected chi connectivity index (χ3v) is 4.55. The molecule has 1 aromatic heterocycles. The van der Waals surface area contributed by atoms with Gasteiger partial charge in [-0.05, 0) is 36.2 Å². The summed E-state index contributed by atoms with van der Waals surface area (Å²) in [5.41, 5.74) is 1.70. The number of nitrogens with zero attached hydrogens (tertiary/aromatic N) is 1. The highest BCUT2D eigenvalue weighted by molar-refractivity contribution is 7.92. The van der Waals surface area contributed by atoms with E-state index in [4.69, 9.17) is 0 Å². The topological polar surface area (TPSA) is 71.1 Å². The number of nitrogens with one attached hydrogen (secondary N) is 2. The summed E-state index contributed by atoms with van der Waals surface area (Å²) in [7, 11) is -3.34. The molecule has 5 nitrogen and oxygen atoms in total. The highest BCUT2D eigenvalue weighted by atomic mass is 32.2. The highest BCUT2D eigenvalue weighted by Crippen LogP contribution is 2.13. The predicted molar refractivity (Wildman–Crippen MR) is 90.3 cm³/mol. The quantitative estimate of drug-likeness (QED) is 0.775. The van der Waals surface area contributed by atoms with Gasteiger partial charge in [0.15, 0.2) is 0 Å². The van der Waals surface area contributed by atoms with E-state index in [2.05, 4.69) is 15.0 Å². The molecule has 7 heteroatoms. The Morgan fingerprint density at radius 2 is 1.87 bits per heavy atom. The molecule has 2 aromatic rings. The number of sulfonamides is 1. The van der Waals surface area contributed by atoms with Crippen LogP contribution in [0, 0.1) is 5.82 Å². The van der Waals surface area contributed by atoms with E-state index in [1.165, 1.54) is 12.1 Å². The van der Waals surface area contributed by atoms with Crippen molar-refractivity contribution in [3.05, 3.63) is 54.0 Å². The second kappa shape index (κ2) is 7.92. The summed E-state index contributed by atoms with van der Waals surface area (Å²) in [4.78, 5) is 4.09. The first-order valence-electron chi connectivity index (χ1n) is 7.43. The van der Waals surface area contributed by atoms with Crippen molar-refractivity contribution in [3.8, 4) is 0 Å². The molecule has 0 spiro atoms. The van der Waals surface area contributed by atoms with Crippen LogP contribution in [0.1, 0.15) is 25.3 Å². The van der Waals surface area contributed by atoms with Crippen LogP contribution < -0.4 is 10.0 Å². The van der Waals surface area contributed by atoms with Gasteiger partial charge >= 0.3 is 0 Å². The smallest absolute Gasteiger partial charge is 0.233 e. The first kappa shape index (κ1) is 17.2. The van der Waals surface area contributed by atoms with Crippen LogP contribution in [0.5, 0.6) is 0 Å². The van der Waals surface area contributed by atoms with Gasteiger partial charge in [-0.15, -0.1) is 0 Å². The van der Waals surface area contributed by atoms with Gasteiger partial charge in [0.2, 0.25) is 10.0 Å². The normalized spacial score (nSPS) is 11.2. The monoisotopic (exact) mass is 337 g/mol. The molecule has 0 fully saturated rings. The summed E-state index contributed by atoms with van der Waals surface area (Å²) in [6, 6.07) is 9.57. The van der Waals surface area contributed by atoms with E-state index >= 15 is 0 Å². The van der Waals surface area contributed by atoms with Crippen LogP contribution in [-0.2, 0) is 16.6 Å². The fourth-order valence-electron chi connectivity index (χ4n) is 1.91. The Morgan fingerprint density at radius 1 is 1.13 bits per heavy atom. The maximum atomic E-state index is 12.8. The molecule has 0 saturated heterocycles. The molecular formula is C16H20FN3O2S. The molecule has 0 unspecified atom stereocenters. The van der Waals surface area contributed by atoms with Crippen LogP contribution in [-0.4, -0.2) is 19.2 Å². The van der Waals surface area contributed by atoms with Crippen molar-refractivity contribution >= 4 is 21.5 Å². The summed E-state index contributed by atoms with van der Waals surface area (Å²) in [6.45, 7) is 2.47. The summed E-state index contributed by atoms with van der Waals surface area (Å²) in [5, 5.41) is 3.14. The number of aromatic nitrogens is 1. The Balaban J connectivity index is 1.90. The Bertz CT molecular complexity index is 716. The molecule has 0 aliphatic rings. The summed E-state index contributed by atoms with van der Waals surface area (Å²) in [5.74, 6) is 0.124. The van der Waals surface area contributed by atoms with Crippen molar-refractivity contribution in [2.24, 2.45) is 0 Å². The Hall–Kier alpha value is -2.15. The van der Waals surface area contributed by atoms with Crippen molar-refractivity contribution in [1.82, 2.24) is 4.98 Å². The number of anilines is 2. The number of hydrogen-bond donors (Lipinski definition) is 2. The minimum absolute atomic E-state index is 0.0930. The Morgan fingerprint density at radius 3 is 2.48 bits per heavy atom. The number of pyridine rings is 1. The first-order chi connectivity index (χ1) is 11.0. The predicted octanol–water partition coefficient (Wildman–Crippen LogP) is 3.37. The van der Waals surface area contributed by atoms with Crippen molar-refractivity contribution in [2.45, 2.75) is 26.3 Å². The van der Waals surface area contributed by atoms with Crippen molar-refractivity contribution in [2.75, 3.05) is 15.8 Å². The zero-order chi connectivity index (χ0) is 16.7. The van der Waals surface area contributed by atoms with Gasteiger partial charge in [-0.25, -0.2) is 17.8 Å². The maximum absolute atomic E-state index is 12.8. The molecule has 1 heterocycles. The van der Waals surface area contributed by atoms with E-state index in [0.29, 0.717) is 18.8 Å². The van der Waals surface area contributed by atoms with E-state index < -0.39 is 10.0 Å². The SMILES string of the molecule is CCCCS(=O)(=O)Nc1ccc(NCc2ccc(F)cc2)cn1. The summed E-state index contributed by atoms with van der Waals surface area (Å²) in [6.07, 6.45) is 2.99. The van der Waals surface area contributed by atoms with Crippen LogP contribution in [0.4, 0.5) is 15.9 Å². The van der Waals surface area contributed by atoms with Crippen LogP contribution >= 0.6 is 0 Å². The minimum atomic E-state index is -3.34. The Kier molecular flexibility index (Phi) is 5.92.